The fourth-order valence-electron chi connectivity index (χ4n) is 5.11. The number of nitrogens with one attached hydrogen (secondary N) is 2. The molecule has 4 heterocycles. The van der Waals surface area contributed by atoms with Crippen LogP contribution in [0.1, 0.15) is 15.9 Å². The van der Waals surface area contributed by atoms with Crippen molar-refractivity contribution in [1.29, 1.82) is 0 Å². The van der Waals surface area contributed by atoms with Gasteiger partial charge in [-0.3, -0.25) is 9.59 Å². The van der Waals surface area contributed by atoms with Crippen LogP contribution in [0.25, 0.3) is 33.1 Å². The van der Waals surface area contributed by atoms with E-state index in [-0.39, 0.29) is 24.7 Å². The molecule has 2 N–H and O–H groups in total. The first-order chi connectivity index (χ1) is 21.6. The van der Waals surface area contributed by atoms with Gasteiger partial charge in [-0.1, -0.05) is 31.8 Å². The molecule has 0 aliphatic carbocycles. The van der Waals surface area contributed by atoms with Gasteiger partial charge >= 0.3 is 0 Å². The quantitative estimate of drug-likeness (QED) is 0.131. The summed E-state index contributed by atoms with van der Waals surface area (Å²) in [6.45, 7) is 7.60. The minimum absolute atomic E-state index is 0.0354. The summed E-state index contributed by atoms with van der Waals surface area (Å²) in [5.41, 5.74) is 3.04. The zero-order chi connectivity index (χ0) is 31.7. The van der Waals surface area contributed by atoms with Gasteiger partial charge in [0.25, 0.3) is 11.5 Å². The number of hydrogen-bond donors (Lipinski definition) is 2. The summed E-state index contributed by atoms with van der Waals surface area (Å²) in [7, 11) is -1.29. The normalized spacial score (nSPS) is 11.8. The fourth-order valence-corrected chi connectivity index (χ4v) is 5.86. The number of carbonyl (C=O) groups excluding carboxylic acids is 1. The summed E-state index contributed by atoms with van der Waals surface area (Å²) >= 11 is 0. The third-order valence-electron chi connectivity index (χ3n) is 7.56. The van der Waals surface area contributed by atoms with Gasteiger partial charge in [0, 0.05) is 49.6 Å². The molecule has 0 fully saturated rings. The number of halogens is 2. The highest BCUT2D eigenvalue weighted by molar-refractivity contribution is 6.76. The molecule has 0 spiro atoms. The Morgan fingerprint density at radius 2 is 1.87 bits per heavy atom. The largest absolute Gasteiger partial charge is 0.360 e. The van der Waals surface area contributed by atoms with Gasteiger partial charge < -0.3 is 19.6 Å². The van der Waals surface area contributed by atoms with Crippen LogP contribution in [-0.4, -0.2) is 44.9 Å². The number of aromatic nitrogens is 5. The maximum absolute atomic E-state index is 13.8. The van der Waals surface area contributed by atoms with Gasteiger partial charge in [0.15, 0.2) is 17.5 Å². The minimum Gasteiger partial charge on any atom is -0.360 e. The van der Waals surface area contributed by atoms with Crippen LogP contribution in [0.3, 0.4) is 0 Å². The van der Waals surface area contributed by atoms with Crippen LogP contribution in [0.4, 0.5) is 14.6 Å². The summed E-state index contributed by atoms with van der Waals surface area (Å²) in [6, 6.07) is 17.1. The monoisotopic (exact) mass is 626 g/mol. The molecule has 6 aromatic rings. The molecule has 9 nitrogen and oxygen atoms in total. The Bertz CT molecular complexity index is 2100. The first-order valence-electron chi connectivity index (χ1n) is 14.5. The van der Waals surface area contributed by atoms with Gasteiger partial charge in [-0.05, 0) is 65.7 Å². The SMILES string of the molecule is C[Si](C)(C)CCOCn1nc(NC(=O)c2cccn(Cc3ccc(F)c(F)c3)c2=O)c2cc(-c3c[nH]c4ncccc34)ccc21. The second-order valence-corrected chi connectivity index (χ2v) is 17.7. The van der Waals surface area contributed by atoms with Crippen LogP contribution in [0.5, 0.6) is 0 Å². The second-order valence-electron chi connectivity index (χ2n) is 12.1. The number of aromatic amines is 1. The number of rotatable bonds is 10. The lowest BCUT2D eigenvalue weighted by Crippen LogP contribution is -2.29. The molecular weight excluding hydrogens is 594 g/mol. The van der Waals surface area contributed by atoms with E-state index < -0.39 is 31.2 Å². The van der Waals surface area contributed by atoms with E-state index in [9.17, 15) is 18.4 Å². The first-order valence-corrected chi connectivity index (χ1v) is 18.2. The van der Waals surface area contributed by atoms with Crippen molar-refractivity contribution in [2.45, 2.75) is 39.0 Å². The standard InChI is InChI=1S/C33H32F2N6O3Si/c1-45(2,3)15-14-44-20-41-29-11-9-22(26-18-37-30-23(26)6-4-12-36-30)17-25(29)31(39-41)38-32(42)24-7-5-13-40(33(24)43)19-21-8-10-27(34)28(35)16-21/h4-13,16-18H,14-15,19-20H2,1-3H3,(H,36,37)(H,38,39,42). The number of carbonyl (C=O) groups is 1. The number of fused-ring (bicyclic) bond motifs is 2. The van der Waals surface area contributed by atoms with Crippen molar-refractivity contribution in [2.24, 2.45) is 0 Å². The van der Waals surface area contributed by atoms with Crippen LogP contribution in [-0.2, 0) is 18.0 Å². The summed E-state index contributed by atoms with van der Waals surface area (Å²) < 4.78 is 36.1. The second kappa shape index (κ2) is 12.2. The highest BCUT2D eigenvalue weighted by Crippen LogP contribution is 2.33. The number of pyridine rings is 2. The molecule has 1 amide bonds. The van der Waals surface area contributed by atoms with Gasteiger partial charge in [-0.25, -0.2) is 18.4 Å². The predicted molar refractivity (Wildman–Crippen MR) is 173 cm³/mol. The smallest absolute Gasteiger partial charge is 0.263 e. The highest BCUT2D eigenvalue weighted by atomic mass is 28.3. The van der Waals surface area contributed by atoms with Crippen molar-refractivity contribution in [2.75, 3.05) is 11.9 Å². The van der Waals surface area contributed by atoms with Crippen LogP contribution in [0.15, 0.2) is 84.0 Å². The molecule has 12 heteroatoms. The Morgan fingerprint density at radius 3 is 2.67 bits per heavy atom. The Balaban J connectivity index is 1.33. The van der Waals surface area contributed by atoms with E-state index in [1.807, 2.05) is 36.5 Å². The third-order valence-corrected chi connectivity index (χ3v) is 9.26. The van der Waals surface area contributed by atoms with Crippen molar-refractivity contribution in [3.05, 3.63) is 112 Å². The number of anilines is 1. The summed E-state index contributed by atoms with van der Waals surface area (Å²) in [5, 5.41) is 9.13. The van der Waals surface area contributed by atoms with Crippen molar-refractivity contribution < 1.29 is 18.3 Å². The van der Waals surface area contributed by atoms with Gasteiger partial charge in [0.1, 0.15) is 17.9 Å². The van der Waals surface area contributed by atoms with Crippen LogP contribution in [0, 0.1) is 11.6 Å². The zero-order valence-electron chi connectivity index (χ0n) is 25.1. The molecule has 0 radical (unpaired) electrons. The van der Waals surface area contributed by atoms with Crippen molar-refractivity contribution in [3.8, 4) is 11.1 Å². The number of benzene rings is 2. The van der Waals surface area contributed by atoms with Crippen LogP contribution in [0.2, 0.25) is 25.7 Å². The van der Waals surface area contributed by atoms with Crippen LogP contribution >= 0.6 is 0 Å². The van der Waals surface area contributed by atoms with Gasteiger partial charge in [-0.15, -0.1) is 0 Å². The molecule has 0 aliphatic rings. The van der Waals surface area contributed by atoms with E-state index in [1.54, 1.807) is 16.9 Å². The highest BCUT2D eigenvalue weighted by Gasteiger charge is 2.20. The summed E-state index contributed by atoms with van der Waals surface area (Å²) in [6.07, 6.45) is 5.10. The number of nitrogens with zero attached hydrogens (tertiary/aromatic N) is 4. The van der Waals surface area contributed by atoms with E-state index in [0.29, 0.717) is 17.6 Å². The maximum Gasteiger partial charge on any atom is 0.263 e. The molecule has 2 aromatic carbocycles. The van der Waals surface area contributed by atoms with E-state index >= 15 is 0 Å². The molecule has 0 saturated heterocycles. The predicted octanol–water partition coefficient (Wildman–Crippen LogP) is 6.63. The number of hydrogen-bond acceptors (Lipinski definition) is 5. The van der Waals surface area contributed by atoms with E-state index in [1.165, 1.54) is 22.9 Å². The molecule has 45 heavy (non-hydrogen) atoms. The van der Waals surface area contributed by atoms with Gasteiger partial charge in [0.2, 0.25) is 0 Å². The van der Waals surface area contributed by atoms with Crippen molar-refractivity contribution in [3.63, 3.8) is 0 Å². The van der Waals surface area contributed by atoms with Crippen molar-refractivity contribution >= 4 is 41.7 Å². The van der Waals surface area contributed by atoms with Gasteiger partial charge in [-0.2, -0.15) is 5.10 Å². The lowest BCUT2D eigenvalue weighted by atomic mass is 10.0. The summed E-state index contributed by atoms with van der Waals surface area (Å²) in [4.78, 5) is 34.4. The van der Waals surface area contributed by atoms with Gasteiger partial charge in [0.05, 0.1) is 12.1 Å². The molecule has 0 atom stereocenters. The molecular formula is C33H32F2N6O3Si. The summed E-state index contributed by atoms with van der Waals surface area (Å²) in [5.74, 6) is -2.35. The molecule has 6 rings (SSSR count). The molecule has 0 saturated carbocycles. The number of amides is 1. The Hall–Kier alpha value is -4.94. The Labute approximate surface area is 258 Å². The van der Waals surface area contributed by atoms with E-state index in [4.69, 9.17) is 4.74 Å². The topological polar surface area (TPSA) is 107 Å². The minimum atomic E-state index is -1.29. The zero-order valence-corrected chi connectivity index (χ0v) is 26.1. The third kappa shape index (κ3) is 6.47. The molecule has 230 valence electrons. The molecule has 0 bridgehead atoms. The lowest BCUT2D eigenvalue weighted by Gasteiger charge is -2.15. The van der Waals surface area contributed by atoms with Crippen molar-refractivity contribution in [1.82, 2.24) is 24.3 Å². The number of ether oxygens (including phenoxy) is 1. The maximum atomic E-state index is 13.8. The molecule has 4 aromatic heterocycles. The van der Waals surface area contributed by atoms with E-state index in [0.717, 1.165) is 45.9 Å². The Morgan fingerprint density at radius 1 is 1.02 bits per heavy atom. The Kier molecular flexibility index (Phi) is 8.17. The average molecular weight is 627 g/mol. The average Bonchev–Trinajstić information content (AvgIpc) is 3.59. The van der Waals surface area contributed by atoms with Crippen LogP contribution < -0.4 is 10.9 Å². The van der Waals surface area contributed by atoms with E-state index in [2.05, 4.69) is 40.0 Å². The lowest BCUT2D eigenvalue weighted by molar-refractivity contribution is 0.0818. The fraction of sp³-hybridized carbons (Fsp3) is 0.212. The molecule has 0 unspecified atom stereocenters. The molecule has 0 aliphatic heterocycles. The first kappa shape index (κ1) is 30.1. The number of H-pyrrole nitrogens is 1.